The molecule has 0 atom stereocenters. The van der Waals surface area contributed by atoms with Gasteiger partial charge in [0, 0.05) is 22.8 Å². The fraction of sp³-hybridized carbons (Fsp3) is 0.115. The largest absolute Gasteiger partial charge is 0.464 e. The number of ether oxygens (including phenoxy) is 1. The van der Waals surface area contributed by atoms with Gasteiger partial charge in [0.25, 0.3) is 0 Å². The molecular formula is C26H22N2O3. The number of hydrogen-bond acceptors (Lipinski definition) is 5. The summed E-state index contributed by atoms with van der Waals surface area (Å²) in [4.78, 5) is 25.2. The van der Waals surface area contributed by atoms with E-state index in [1.165, 1.54) is 13.2 Å². The molecule has 0 aromatic heterocycles. The molecule has 0 spiro atoms. The molecule has 0 amide bonds. The molecule has 1 N–H and O–H groups in total. The van der Waals surface area contributed by atoms with E-state index in [0.29, 0.717) is 11.3 Å². The summed E-state index contributed by atoms with van der Waals surface area (Å²) in [6.45, 7) is 3.83. The second-order valence-electron chi connectivity index (χ2n) is 7.40. The highest BCUT2D eigenvalue weighted by Gasteiger charge is 2.24. The van der Waals surface area contributed by atoms with Gasteiger partial charge in [-0.25, -0.2) is 4.79 Å². The van der Waals surface area contributed by atoms with E-state index < -0.39 is 5.97 Å². The van der Waals surface area contributed by atoms with Crippen molar-refractivity contribution in [3.05, 3.63) is 106 Å². The van der Waals surface area contributed by atoms with Crippen molar-refractivity contribution in [2.45, 2.75) is 13.8 Å². The van der Waals surface area contributed by atoms with Crippen molar-refractivity contribution in [1.29, 1.82) is 0 Å². The van der Waals surface area contributed by atoms with E-state index in [0.717, 1.165) is 33.4 Å². The maximum Gasteiger partial charge on any atom is 0.356 e. The topological polar surface area (TPSA) is 67.8 Å². The zero-order chi connectivity index (χ0) is 22.0. The zero-order valence-electron chi connectivity index (χ0n) is 17.6. The summed E-state index contributed by atoms with van der Waals surface area (Å²) < 4.78 is 4.86. The number of nitrogens with one attached hydrogen (secondary N) is 1. The van der Waals surface area contributed by atoms with Crippen LogP contribution in [0.25, 0.3) is 11.1 Å². The van der Waals surface area contributed by atoms with Crippen molar-refractivity contribution in [3.8, 4) is 11.1 Å². The minimum Gasteiger partial charge on any atom is -0.464 e. The van der Waals surface area contributed by atoms with Crippen LogP contribution in [-0.4, -0.2) is 24.6 Å². The highest BCUT2D eigenvalue weighted by Crippen LogP contribution is 2.36. The van der Waals surface area contributed by atoms with Gasteiger partial charge in [-0.2, -0.15) is 5.10 Å². The molecule has 1 aliphatic carbocycles. The normalized spacial score (nSPS) is 12.1. The monoisotopic (exact) mass is 410 g/mol. The lowest BCUT2D eigenvalue weighted by Crippen LogP contribution is -2.20. The van der Waals surface area contributed by atoms with Gasteiger partial charge < -0.3 is 4.74 Å². The number of aryl methyl sites for hydroxylation is 2. The minimum atomic E-state index is -0.665. The van der Waals surface area contributed by atoms with E-state index in [2.05, 4.69) is 10.5 Å². The van der Waals surface area contributed by atoms with Crippen LogP contribution in [0.5, 0.6) is 0 Å². The molecule has 0 radical (unpaired) electrons. The number of nitrogens with zero attached hydrogens (tertiary/aromatic N) is 1. The minimum absolute atomic E-state index is 0.0261. The average molecular weight is 410 g/mol. The lowest BCUT2D eigenvalue weighted by molar-refractivity contribution is -0.136. The van der Waals surface area contributed by atoms with Gasteiger partial charge in [-0.15, -0.1) is 0 Å². The van der Waals surface area contributed by atoms with Gasteiger partial charge in [0.1, 0.15) is 5.70 Å². The first-order valence-electron chi connectivity index (χ1n) is 9.94. The molecule has 0 fully saturated rings. The van der Waals surface area contributed by atoms with Gasteiger partial charge in [0.15, 0.2) is 5.78 Å². The summed E-state index contributed by atoms with van der Waals surface area (Å²) >= 11 is 0. The smallest absolute Gasteiger partial charge is 0.356 e. The summed E-state index contributed by atoms with van der Waals surface area (Å²) in [5.74, 6) is -0.958. The lowest BCUT2D eigenvalue weighted by Gasteiger charge is -2.08. The number of carbonyl (C=O) groups is 2. The fourth-order valence-electron chi connectivity index (χ4n) is 3.78. The van der Waals surface area contributed by atoms with E-state index in [1.54, 1.807) is 6.07 Å². The molecule has 0 aliphatic heterocycles. The number of methoxy groups -OCH3 is 1. The van der Waals surface area contributed by atoms with Crippen LogP contribution in [0.4, 0.5) is 0 Å². The first-order valence-corrected chi connectivity index (χ1v) is 9.94. The number of esters is 1. The van der Waals surface area contributed by atoms with Crippen molar-refractivity contribution in [2.75, 3.05) is 7.11 Å². The molecule has 0 saturated carbocycles. The van der Waals surface area contributed by atoms with Gasteiger partial charge in [0.2, 0.25) is 0 Å². The molecule has 3 aromatic carbocycles. The SMILES string of the molecule is COC(=O)/C(=C/C(=O)c1ccc(C)cc1C)NN=C1c2ccccc2-c2ccccc21. The summed E-state index contributed by atoms with van der Waals surface area (Å²) in [6.07, 6.45) is 1.24. The molecular weight excluding hydrogens is 388 g/mol. The number of fused-ring (bicyclic) bond motifs is 3. The Balaban J connectivity index is 1.71. The van der Waals surface area contributed by atoms with Gasteiger partial charge in [0.05, 0.1) is 12.8 Å². The standard InChI is InChI=1S/C26H22N2O3/c1-16-12-13-18(17(2)14-16)24(29)15-23(26(30)31-3)27-28-25-21-10-6-4-8-19(21)20-9-5-7-11-22(20)25/h4-15,27H,1-3H3/b23-15-. The Hall–Kier alpha value is -3.99. The number of benzene rings is 3. The predicted molar refractivity (Wildman–Crippen MR) is 121 cm³/mol. The number of hydrogen-bond donors (Lipinski definition) is 1. The summed E-state index contributed by atoms with van der Waals surface area (Å²) in [7, 11) is 1.27. The molecule has 154 valence electrons. The molecule has 0 bridgehead atoms. The predicted octanol–water partition coefficient (Wildman–Crippen LogP) is 4.57. The van der Waals surface area contributed by atoms with Crippen molar-refractivity contribution in [1.82, 2.24) is 5.43 Å². The van der Waals surface area contributed by atoms with Crippen molar-refractivity contribution < 1.29 is 14.3 Å². The van der Waals surface area contributed by atoms with Crippen molar-refractivity contribution in [3.63, 3.8) is 0 Å². The Morgan fingerprint density at radius 2 is 1.45 bits per heavy atom. The third-order valence-corrected chi connectivity index (χ3v) is 5.27. The van der Waals surface area contributed by atoms with Gasteiger partial charge in [-0.3, -0.25) is 10.2 Å². The summed E-state index contributed by atoms with van der Waals surface area (Å²) in [5, 5.41) is 4.50. The first kappa shape index (κ1) is 20.3. The Morgan fingerprint density at radius 3 is 2.00 bits per heavy atom. The van der Waals surface area contributed by atoms with Gasteiger partial charge >= 0.3 is 5.97 Å². The lowest BCUT2D eigenvalue weighted by atomic mass is 10.0. The summed E-state index contributed by atoms with van der Waals surface area (Å²) in [6, 6.07) is 21.5. The molecule has 5 heteroatoms. The third-order valence-electron chi connectivity index (χ3n) is 5.27. The third kappa shape index (κ3) is 3.90. The van der Waals surface area contributed by atoms with Gasteiger partial charge in [-0.05, 0) is 30.5 Å². The molecule has 31 heavy (non-hydrogen) atoms. The molecule has 0 unspecified atom stereocenters. The van der Waals surface area contributed by atoms with Crippen LogP contribution in [0, 0.1) is 13.8 Å². The first-order chi connectivity index (χ1) is 15.0. The van der Waals surface area contributed by atoms with Crippen LogP contribution in [0.2, 0.25) is 0 Å². The molecule has 0 saturated heterocycles. The van der Waals surface area contributed by atoms with Crippen LogP contribution in [0.3, 0.4) is 0 Å². The number of allylic oxidation sites excluding steroid dienone is 1. The highest BCUT2D eigenvalue weighted by atomic mass is 16.5. The Labute approximate surface area is 181 Å². The van der Waals surface area contributed by atoms with Gasteiger partial charge in [-0.1, -0.05) is 72.3 Å². The second kappa shape index (κ2) is 8.40. The molecule has 3 aromatic rings. The van der Waals surface area contributed by atoms with Crippen LogP contribution in [0.1, 0.15) is 32.6 Å². The van der Waals surface area contributed by atoms with E-state index in [4.69, 9.17) is 4.74 Å². The number of hydrazone groups is 1. The average Bonchev–Trinajstić information content (AvgIpc) is 3.09. The van der Waals surface area contributed by atoms with E-state index in [1.807, 2.05) is 74.5 Å². The number of carbonyl (C=O) groups excluding carboxylic acids is 2. The Kier molecular flexibility index (Phi) is 5.50. The number of ketones is 1. The molecule has 0 heterocycles. The summed E-state index contributed by atoms with van der Waals surface area (Å²) in [5.41, 5.74) is 9.97. The maximum absolute atomic E-state index is 12.8. The fourth-order valence-corrected chi connectivity index (χ4v) is 3.78. The zero-order valence-corrected chi connectivity index (χ0v) is 17.6. The van der Waals surface area contributed by atoms with Crippen LogP contribution in [-0.2, 0) is 9.53 Å². The molecule has 1 aliphatic rings. The van der Waals surface area contributed by atoms with Crippen LogP contribution >= 0.6 is 0 Å². The van der Waals surface area contributed by atoms with Crippen molar-refractivity contribution in [2.24, 2.45) is 5.10 Å². The van der Waals surface area contributed by atoms with E-state index >= 15 is 0 Å². The Bertz CT molecular complexity index is 1210. The molecule has 5 nitrogen and oxygen atoms in total. The van der Waals surface area contributed by atoms with Crippen LogP contribution < -0.4 is 5.43 Å². The quantitative estimate of drug-likeness (QED) is 0.227. The molecule has 4 rings (SSSR count). The maximum atomic E-state index is 12.8. The van der Waals surface area contributed by atoms with E-state index in [9.17, 15) is 9.59 Å². The highest BCUT2D eigenvalue weighted by molar-refractivity contribution is 6.24. The van der Waals surface area contributed by atoms with Crippen LogP contribution in [0.15, 0.2) is 83.6 Å². The second-order valence-corrected chi connectivity index (χ2v) is 7.40. The van der Waals surface area contributed by atoms with E-state index in [-0.39, 0.29) is 11.5 Å². The Morgan fingerprint density at radius 1 is 0.871 bits per heavy atom. The number of rotatable bonds is 5. The van der Waals surface area contributed by atoms with Crippen molar-refractivity contribution >= 4 is 17.5 Å².